The van der Waals surface area contributed by atoms with E-state index in [0.717, 1.165) is 49.7 Å². The summed E-state index contributed by atoms with van der Waals surface area (Å²) >= 11 is 0. The molecule has 0 aliphatic rings. The molecule has 2 N–H and O–H groups in total. The number of ether oxygens (including phenoxy) is 2. The average molecular weight is 252 g/mol. The van der Waals surface area contributed by atoms with Gasteiger partial charge in [-0.3, -0.25) is 0 Å². The van der Waals surface area contributed by atoms with Gasteiger partial charge in [0.25, 0.3) is 0 Å². The van der Waals surface area contributed by atoms with Crippen LogP contribution in [0.1, 0.15) is 18.9 Å². The average Bonchev–Trinajstić information content (AvgIpc) is 2.42. The lowest BCUT2D eigenvalue weighted by Gasteiger charge is -2.11. The summed E-state index contributed by atoms with van der Waals surface area (Å²) < 4.78 is 10.6. The quantitative estimate of drug-likeness (QED) is 0.658. The maximum atomic E-state index is 5.33. The first-order chi connectivity index (χ1) is 8.81. The van der Waals surface area contributed by atoms with Crippen molar-refractivity contribution in [3.63, 3.8) is 0 Å². The molecular formula is C14H24N2O2. The van der Waals surface area contributed by atoms with Gasteiger partial charge < -0.3 is 20.1 Å². The smallest absolute Gasteiger partial charge is 0.123 e. The van der Waals surface area contributed by atoms with Crippen LogP contribution >= 0.6 is 0 Å². The minimum atomic E-state index is 0.798. The summed E-state index contributed by atoms with van der Waals surface area (Å²) in [6.45, 7) is 6.00. The zero-order chi connectivity index (χ0) is 13.2. The largest absolute Gasteiger partial charge is 0.497 e. The van der Waals surface area contributed by atoms with Crippen molar-refractivity contribution >= 4 is 0 Å². The van der Waals surface area contributed by atoms with Crippen LogP contribution in [0.5, 0.6) is 11.5 Å². The summed E-state index contributed by atoms with van der Waals surface area (Å²) in [6.07, 6.45) is 1.13. The summed E-state index contributed by atoms with van der Waals surface area (Å²) in [5, 5.41) is 6.71. The predicted octanol–water partition coefficient (Wildman–Crippen LogP) is 1.79. The molecule has 0 spiro atoms. The molecule has 0 bridgehead atoms. The molecule has 4 nitrogen and oxygen atoms in total. The van der Waals surface area contributed by atoms with Gasteiger partial charge in [-0.15, -0.1) is 0 Å². The predicted molar refractivity (Wildman–Crippen MR) is 74.4 cm³/mol. The van der Waals surface area contributed by atoms with Gasteiger partial charge in [-0.1, -0.05) is 6.92 Å². The third-order valence-corrected chi connectivity index (χ3v) is 2.76. The van der Waals surface area contributed by atoms with E-state index in [1.54, 1.807) is 14.2 Å². The van der Waals surface area contributed by atoms with Crippen LogP contribution in [0.3, 0.4) is 0 Å². The number of nitrogens with one attached hydrogen (secondary N) is 2. The highest BCUT2D eigenvalue weighted by Crippen LogP contribution is 2.23. The Bertz CT molecular complexity index is 343. The number of hydrogen-bond donors (Lipinski definition) is 2. The molecule has 0 saturated heterocycles. The van der Waals surface area contributed by atoms with Gasteiger partial charge in [0, 0.05) is 12.1 Å². The highest BCUT2D eigenvalue weighted by Gasteiger charge is 2.04. The van der Waals surface area contributed by atoms with Crippen molar-refractivity contribution in [3.8, 4) is 11.5 Å². The molecule has 0 aliphatic heterocycles. The van der Waals surface area contributed by atoms with E-state index in [9.17, 15) is 0 Å². The Morgan fingerprint density at radius 2 is 1.83 bits per heavy atom. The van der Waals surface area contributed by atoms with Crippen LogP contribution in [0.4, 0.5) is 0 Å². The zero-order valence-electron chi connectivity index (χ0n) is 11.6. The van der Waals surface area contributed by atoms with Gasteiger partial charge in [-0.25, -0.2) is 0 Å². The fourth-order valence-electron chi connectivity index (χ4n) is 1.76. The van der Waals surface area contributed by atoms with Crippen molar-refractivity contribution in [2.24, 2.45) is 0 Å². The van der Waals surface area contributed by atoms with Crippen molar-refractivity contribution in [2.45, 2.75) is 19.9 Å². The van der Waals surface area contributed by atoms with E-state index in [0.29, 0.717) is 0 Å². The van der Waals surface area contributed by atoms with E-state index < -0.39 is 0 Å². The molecule has 0 aliphatic carbocycles. The van der Waals surface area contributed by atoms with Gasteiger partial charge in [0.05, 0.1) is 14.2 Å². The minimum Gasteiger partial charge on any atom is -0.497 e. The van der Waals surface area contributed by atoms with Crippen molar-refractivity contribution in [1.82, 2.24) is 10.6 Å². The summed E-state index contributed by atoms with van der Waals surface area (Å²) in [4.78, 5) is 0. The van der Waals surface area contributed by atoms with E-state index in [1.165, 1.54) is 0 Å². The summed E-state index contributed by atoms with van der Waals surface area (Å²) in [7, 11) is 3.37. The van der Waals surface area contributed by atoms with E-state index in [-0.39, 0.29) is 0 Å². The molecule has 0 heterocycles. The standard InChI is InChI=1S/C14H24N2O2/c1-4-15-8-5-9-16-11-12-10-13(17-2)6-7-14(12)18-3/h6-7,10,15-16H,4-5,8-9,11H2,1-3H3. The first-order valence-corrected chi connectivity index (χ1v) is 6.44. The fourth-order valence-corrected chi connectivity index (χ4v) is 1.76. The highest BCUT2D eigenvalue weighted by molar-refractivity contribution is 5.40. The molecule has 0 amide bonds. The third kappa shape index (κ3) is 4.94. The van der Waals surface area contributed by atoms with Crippen molar-refractivity contribution in [2.75, 3.05) is 33.9 Å². The Balaban J connectivity index is 2.39. The second kappa shape index (κ2) is 8.78. The van der Waals surface area contributed by atoms with Crippen LogP contribution in [0.2, 0.25) is 0 Å². The molecule has 0 aromatic heterocycles. The van der Waals surface area contributed by atoms with Crippen molar-refractivity contribution in [3.05, 3.63) is 23.8 Å². The van der Waals surface area contributed by atoms with Crippen LogP contribution < -0.4 is 20.1 Å². The van der Waals surface area contributed by atoms with Crippen LogP contribution in [0.25, 0.3) is 0 Å². The summed E-state index contributed by atoms with van der Waals surface area (Å²) in [5.41, 5.74) is 1.13. The first kappa shape index (κ1) is 14.8. The molecule has 0 radical (unpaired) electrons. The molecule has 1 aromatic rings. The molecule has 0 unspecified atom stereocenters. The normalized spacial score (nSPS) is 10.4. The lowest BCUT2D eigenvalue weighted by molar-refractivity contribution is 0.397. The van der Waals surface area contributed by atoms with Crippen LogP contribution in [0, 0.1) is 0 Å². The molecule has 0 saturated carbocycles. The topological polar surface area (TPSA) is 42.5 Å². The van der Waals surface area contributed by atoms with Crippen LogP contribution in [-0.4, -0.2) is 33.9 Å². The Morgan fingerprint density at radius 1 is 1.06 bits per heavy atom. The maximum absolute atomic E-state index is 5.33. The lowest BCUT2D eigenvalue weighted by atomic mass is 10.2. The summed E-state index contributed by atoms with van der Waals surface area (Å²) in [6, 6.07) is 5.86. The molecule has 0 fully saturated rings. The molecule has 102 valence electrons. The number of benzene rings is 1. The third-order valence-electron chi connectivity index (χ3n) is 2.76. The molecule has 18 heavy (non-hydrogen) atoms. The van der Waals surface area contributed by atoms with E-state index in [2.05, 4.69) is 17.6 Å². The Labute approximate surface area is 110 Å². The van der Waals surface area contributed by atoms with Crippen LogP contribution in [0.15, 0.2) is 18.2 Å². The van der Waals surface area contributed by atoms with E-state index >= 15 is 0 Å². The lowest BCUT2D eigenvalue weighted by Crippen LogP contribution is -2.21. The fraction of sp³-hybridized carbons (Fsp3) is 0.571. The second-order valence-electron chi connectivity index (χ2n) is 4.06. The molecule has 1 rings (SSSR count). The van der Waals surface area contributed by atoms with Crippen molar-refractivity contribution in [1.29, 1.82) is 0 Å². The number of hydrogen-bond acceptors (Lipinski definition) is 4. The first-order valence-electron chi connectivity index (χ1n) is 6.44. The van der Waals surface area contributed by atoms with Gasteiger partial charge >= 0.3 is 0 Å². The van der Waals surface area contributed by atoms with Gasteiger partial charge in [0.15, 0.2) is 0 Å². The Hall–Kier alpha value is -1.26. The van der Waals surface area contributed by atoms with E-state index in [4.69, 9.17) is 9.47 Å². The molecular weight excluding hydrogens is 228 g/mol. The maximum Gasteiger partial charge on any atom is 0.123 e. The van der Waals surface area contributed by atoms with Gasteiger partial charge in [-0.2, -0.15) is 0 Å². The SMILES string of the molecule is CCNCCCNCc1cc(OC)ccc1OC. The zero-order valence-corrected chi connectivity index (χ0v) is 11.6. The second-order valence-corrected chi connectivity index (χ2v) is 4.06. The highest BCUT2D eigenvalue weighted by atomic mass is 16.5. The number of rotatable bonds is 9. The van der Waals surface area contributed by atoms with Gasteiger partial charge in [0.1, 0.15) is 11.5 Å². The van der Waals surface area contributed by atoms with Gasteiger partial charge in [-0.05, 0) is 44.3 Å². The molecule has 1 aromatic carbocycles. The van der Waals surface area contributed by atoms with Crippen molar-refractivity contribution < 1.29 is 9.47 Å². The summed E-state index contributed by atoms with van der Waals surface area (Å²) in [5.74, 6) is 1.76. The monoisotopic (exact) mass is 252 g/mol. The molecule has 4 heteroatoms. The Kier molecular flexibility index (Phi) is 7.22. The van der Waals surface area contributed by atoms with Gasteiger partial charge in [0.2, 0.25) is 0 Å². The van der Waals surface area contributed by atoms with E-state index in [1.807, 2.05) is 18.2 Å². The van der Waals surface area contributed by atoms with Crippen LogP contribution in [-0.2, 0) is 6.54 Å². The Morgan fingerprint density at radius 3 is 2.50 bits per heavy atom. The minimum absolute atomic E-state index is 0.798. The molecule has 0 atom stereocenters. The number of methoxy groups -OCH3 is 2.